The molecule has 0 aliphatic heterocycles. The number of hydrogen-bond donors (Lipinski definition) is 2. The lowest BCUT2D eigenvalue weighted by molar-refractivity contribution is 0.0497. The molecule has 130 valence electrons. The maximum absolute atomic E-state index is 12.0. The quantitative estimate of drug-likeness (QED) is 0.772. The van der Waals surface area contributed by atoms with Crippen LogP contribution in [0.25, 0.3) is 0 Å². The number of aromatic nitrogens is 1. The van der Waals surface area contributed by atoms with Gasteiger partial charge in [0.1, 0.15) is 5.60 Å². The van der Waals surface area contributed by atoms with Gasteiger partial charge in [-0.2, -0.15) is 0 Å². The lowest BCUT2D eigenvalue weighted by Gasteiger charge is -2.24. The van der Waals surface area contributed by atoms with Crippen LogP contribution in [0.4, 0.5) is 4.79 Å². The van der Waals surface area contributed by atoms with Crippen molar-refractivity contribution in [1.82, 2.24) is 15.2 Å². The van der Waals surface area contributed by atoms with Crippen LogP contribution < -0.4 is 10.6 Å². The summed E-state index contributed by atoms with van der Waals surface area (Å²) in [6.45, 7) is 10.5. The van der Waals surface area contributed by atoms with Crippen LogP contribution in [-0.4, -0.2) is 28.8 Å². The second kappa shape index (κ2) is 7.86. The lowest BCUT2D eigenvalue weighted by atomic mass is 10.2. The molecule has 1 aromatic rings. The number of aryl methyl sites for hydroxylation is 1. The zero-order valence-corrected chi connectivity index (χ0v) is 14.9. The van der Waals surface area contributed by atoms with Crippen molar-refractivity contribution in [2.45, 2.75) is 71.7 Å². The van der Waals surface area contributed by atoms with Gasteiger partial charge in [-0.1, -0.05) is 6.92 Å². The van der Waals surface area contributed by atoms with E-state index in [-0.39, 0.29) is 12.1 Å². The number of hydrogen-bond acceptors (Lipinski definition) is 3. The smallest absolute Gasteiger partial charge is 0.407 e. The SMILES string of the molecule is CCCn1cccc1CNCC(NC(=O)OC(C)(C)C)C1CC1. The third-order valence-electron chi connectivity index (χ3n) is 3.95. The molecule has 1 aliphatic carbocycles. The Labute approximate surface area is 139 Å². The lowest BCUT2D eigenvalue weighted by Crippen LogP contribution is -2.45. The summed E-state index contributed by atoms with van der Waals surface area (Å²) in [7, 11) is 0. The molecule has 1 amide bonds. The largest absolute Gasteiger partial charge is 0.444 e. The number of carbonyl (C=O) groups is 1. The maximum atomic E-state index is 12.0. The third-order valence-corrected chi connectivity index (χ3v) is 3.95. The molecular formula is C18H31N3O2. The Balaban J connectivity index is 1.79. The van der Waals surface area contributed by atoms with Gasteiger partial charge in [0.2, 0.25) is 0 Å². The number of nitrogens with zero attached hydrogens (tertiary/aromatic N) is 1. The molecule has 1 unspecified atom stereocenters. The number of carbonyl (C=O) groups excluding carboxylic acids is 1. The standard InChI is InChI=1S/C18H31N3O2/c1-5-10-21-11-6-7-15(21)12-19-13-16(14-8-9-14)20-17(22)23-18(2,3)4/h6-7,11,14,16,19H,5,8-10,12-13H2,1-4H3,(H,20,22). The van der Waals surface area contributed by atoms with E-state index in [1.807, 2.05) is 20.8 Å². The van der Waals surface area contributed by atoms with Gasteiger partial charge >= 0.3 is 6.09 Å². The molecule has 1 fully saturated rings. The average molecular weight is 321 g/mol. The number of amides is 1. The van der Waals surface area contributed by atoms with Crippen LogP contribution in [0.1, 0.15) is 52.7 Å². The van der Waals surface area contributed by atoms with Gasteiger partial charge in [-0.25, -0.2) is 4.79 Å². The van der Waals surface area contributed by atoms with Crippen molar-refractivity contribution in [3.63, 3.8) is 0 Å². The van der Waals surface area contributed by atoms with Crippen molar-refractivity contribution in [3.05, 3.63) is 24.0 Å². The van der Waals surface area contributed by atoms with Crippen LogP contribution in [-0.2, 0) is 17.8 Å². The molecule has 5 heteroatoms. The van der Waals surface area contributed by atoms with E-state index in [4.69, 9.17) is 4.74 Å². The summed E-state index contributed by atoms with van der Waals surface area (Å²) in [6, 6.07) is 4.39. The first-order valence-electron chi connectivity index (χ1n) is 8.73. The summed E-state index contributed by atoms with van der Waals surface area (Å²) >= 11 is 0. The van der Waals surface area contributed by atoms with Gasteiger partial charge in [-0.15, -0.1) is 0 Å². The summed E-state index contributed by atoms with van der Waals surface area (Å²) in [5.74, 6) is 0.581. The summed E-state index contributed by atoms with van der Waals surface area (Å²) < 4.78 is 7.65. The van der Waals surface area contributed by atoms with E-state index < -0.39 is 5.60 Å². The third kappa shape index (κ3) is 6.26. The molecule has 2 rings (SSSR count). The molecule has 0 bridgehead atoms. The first kappa shape index (κ1) is 17.9. The van der Waals surface area contributed by atoms with Gasteiger partial charge in [-0.05, 0) is 58.1 Å². The Morgan fingerprint density at radius 2 is 2.17 bits per heavy atom. The van der Waals surface area contributed by atoms with Crippen molar-refractivity contribution in [2.75, 3.05) is 6.54 Å². The molecule has 2 N–H and O–H groups in total. The Hall–Kier alpha value is -1.49. The van der Waals surface area contributed by atoms with E-state index >= 15 is 0 Å². The van der Waals surface area contributed by atoms with Gasteiger partial charge in [0.25, 0.3) is 0 Å². The highest BCUT2D eigenvalue weighted by Gasteiger charge is 2.33. The minimum atomic E-state index is -0.452. The topological polar surface area (TPSA) is 55.3 Å². The monoisotopic (exact) mass is 321 g/mol. The van der Waals surface area contributed by atoms with Crippen molar-refractivity contribution < 1.29 is 9.53 Å². The number of rotatable bonds is 8. The Kier molecular flexibility index (Phi) is 6.10. The first-order chi connectivity index (χ1) is 10.9. The van der Waals surface area contributed by atoms with Crippen molar-refractivity contribution >= 4 is 6.09 Å². The fraction of sp³-hybridized carbons (Fsp3) is 0.722. The molecule has 0 radical (unpaired) electrons. The van der Waals surface area contributed by atoms with Crippen molar-refractivity contribution in [1.29, 1.82) is 0 Å². The van der Waals surface area contributed by atoms with E-state index in [0.717, 1.165) is 26.1 Å². The molecule has 0 aromatic carbocycles. The van der Waals surface area contributed by atoms with Gasteiger partial charge in [0, 0.05) is 37.6 Å². The summed E-state index contributed by atoms with van der Waals surface area (Å²) in [5, 5.41) is 6.51. The normalized spacial score (nSPS) is 16.2. The Morgan fingerprint density at radius 1 is 1.43 bits per heavy atom. The summed E-state index contributed by atoms with van der Waals surface area (Å²) in [5.41, 5.74) is 0.839. The molecular weight excluding hydrogens is 290 g/mol. The zero-order chi connectivity index (χ0) is 16.9. The van der Waals surface area contributed by atoms with Crippen LogP contribution in [0.5, 0.6) is 0 Å². The molecule has 0 spiro atoms. The zero-order valence-electron chi connectivity index (χ0n) is 14.9. The number of ether oxygens (including phenoxy) is 1. The van der Waals surface area contributed by atoms with Crippen LogP contribution in [0.15, 0.2) is 18.3 Å². The van der Waals surface area contributed by atoms with Crippen LogP contribution in [0.3, 0.4) is 0 Å². The van der Waals surface area contributed by atoms with E-state index in [2.05, 4.69) is 40.5 Å². The highest BCUT2D eigenvalue weighted by molar-refractivity contribution is 5.68. The Bertz CT molecular complexity index is 501. The average Bonchev–Trinajstić information content (AvgIpc) is 3.19. The van der Waals surface area contributed by atoms with Crippen LogP contribution in [0.2, 0.25) is 0 Å². The highest BCUT2D eigenvalue weighted by Crippen LogP contribution is 2.32. The first-order valence-corrected chi connectivity index (χ1v) is 8.73. The van der Waals surface area contributed by atoms with E-state index in [1.54, 1.807) is 0 Å². The number of alkyl carbamates (subject to hydrolysis) is 1. The molecule has 1 heterocycles. The minimum Gasteiger partial charge on any atom is -0.444 e. The van der Waals surface area contributed by atoms with Crippen LogP contribution >= 0.6 is 0 Å². The molecule has 1 saturated carbocycles. The minimum absolute atomic E-state index is 0.152. The summed E-state index contributed by atoms with van der Waals surface area (Å²) in [4.78, 5) is 12.0. The van der Waals surface area contributed by atoms with Gasteiger partial charge in [0.15, 0.2) is 0 Å². The molecule has 0 saturated heterocycles. The molecule has 1 atom stereocenters. The molecule has 5 nitrogen and oxygen atoms in total. The molecule has 1 aliphatic rings. The fourth-order valence-electron chi connectivity index (χ4n) is 2.72. The molecule has 23 heavy (non-hydrogen) atoms. The Morgan fingerprint density at radius 3 is 2.78 bits per heavy atom. The van der Waals surface area contributed by atoms with Crippen molar-refractivity contribution in [2.24, 2.45) is 5.92 Å². The fourth-order valence-corrected chi connectivity index (χ4v) is 2.72. The van der Waals surface area contributed by atoms with E-state index in [1.165, 1.54) is 18.5 Å². The summed E-state index contributed by atoms with van der Waals surface area (Å²) in [6.07, 6.45) is 5.32. The molecule has 1 aromatic heterocycles. The van der Waals surface area contributed by atoms with Gasteiger partial charge in [-0.3, -0.25) is 0 Å². The number of nitrogens with one attached hydrogen (secondary N) is 2. The van der Waals surface area contributed by atoms with Crippen molar-refractivity contribution in [3.8, 4) is 0 Å². The van der Waals surface area contributed by atoms with E-state index in [0.29, 0.717) is 5.92 Å². The predicted octanol–water partition coefficient (Wildman–Crippen LogP) is 3.29. The maximum Gasteiger partial charge on any atom is 0.407 e. The predicted molar refractivity (Wildman–Crippen MR) is 92.3 cm³/mol. The highest BCUT2D eigenvalue weighted by atomic mass is 16.6. The van der Waals surface area contributed by atoms with E-state index in [9.17, 15) is 4.79 Å². The van der Waals surface area contributed by atoms with Crippen LogP contribution in [0, 0.1) is 5.92 Å². The van der Waals surface area contributed by atoms with Gasteiger partial charge < -0.3 is 19.9 Å². The second-order valence-electron chi connectivity index (χ2n) is 7.41. The second-order valence-corrected chi connectivity index (χ2v) is 7.41. The van der Waals surface area contributed by atoms with Gasteiger partial charge in [0.05, 0.1) is 0 Å².